The lowest BCUT2D eigenvalue weighted by atomic mass is 10.3. The highest BCUT2D eigenvalue weighted by Crippen LogP contribution is 2.68. The summed E-state index contributed by atoms with van der Waals surface area (Å²) in [6, 6.07) is -2.28. The summed E-state index contributed by atoms with van der Waals surface area (Å²) in [7, 11) is -15.3. The van der Waals surface area contributed by atoms with Crippen molar-refractivity contribution in [2.45, 2.75) is 50.4 Å². The Morgan fingerprint density at radius 2 is 1.09 bits per heavy atom. The molecule has 0 bridgehead atoms. The van der Waals surface area contributed by atoms with E-state index in [9.17, 15) is 23.5 Å². The Balaban J connectivity index is -0.000000197. The molecule has 0 aliphatic carbocycles. The Kier molecular flexibility index (Phi) is 20.0. The van der Waals surface area contributed by atoms with Crippen molar-refractivity contribution in [3.8, 4) is 0 Å². The van der Waals surface area contributed by atoms with Gasteiger partial charge in [0.15, 0.2) is 0 Å². The van der Waals surface area contributed by atoms with E-state index in [1.54, 1.807) is 0 Å². The Morgan fingerprint density at radius 1 is 0.800 bits per heavy atom. The molecule has 0 rings (SSSR count). The topological polar surface area (TPSA) is 395 Å². The van der Waals surface area contributed by atoms with Gasteiger partial charge >= 0.3 is 35.0 Å². The van der Waals surface area contributed by atoms with Gasteiger partial charge < -0.3 is 72.1 Å². The van der Waals surface area contributed by atoms with Crippen molar-refractivity contribution in [2.24, 2.45) is 17.2 Å². The molecule has 0 saturated carbocycles. The first-order valence-corrected chi connectivity index (χ1v) is 13.5. The molecule has 20 nitrogen and oxygen atoms in total. The fourth-order valence-corrected chi connectivity index (χ4v) is 3.26. The largest absolute Gasteiger partial charge is 0.480 e. The molecule has 0 heterocycles. The number of carboxylic acid groups (broad SMARTS) is 2. The number of rotatable bonds is 8. The quantitative estimate of drug-likeness (QED) is 0.120. The van der Waals surface area contributed by atoms with Crippen LogP contribution in [0, 0.1) is 0 Å². The van der Waals surface area contributed by atoms with Crippen molar-refractivity contribution in [3.05, 3.63) is 0 Å². The van der Waals surface area contributed by atoms with Gasteiger partial charge in [-0.05, 0) is 27.3 Å². The number of aliphatic hydroxyl groups is 1. The van der Waals surface area contributed by atoms with Gasteiger partial charge in [-0.2, -0.15) is 0 Å². The Morgan fingerprint density at radius 3 is 1.20 bits per heavy atom. The molecule has 0 spiro atoms. The molecule has 35 heavy (non-hydrogen) atoms. The van der Waals surface area contributed by atoms with Crippen molar-refractivity contribution < 1.29 is 77.7 Å². The number of hydrogen-bond donors (Lipinski definition) is 14. The van der Waals surface area contributed by atoms with Gasteiger partial charge in [0.25, 0.3) is 5.08 Å². The molecule has 0 aliphatic rings. The second-order valence-electron chi connectivity index (χ2n) is 6.40. The SMILES string of the molecule is C[C@@H](N)C(=O)N[C@H](C)C(=O)O.C[C@@H](N)C(=O)O.NCCC(O)(P(=O)(O)O)P(=O)(O)O.O=P(O)(O)O. The first kappa shape index (κ1) is 40.8. The number of carbonyl (C=O) groups excluding carboxylic acids is 1. The van der Waals surface area contributed by atoms with Crippen LogP contribution in [-0.2, 0) is 28.1 Å². The number of amides is 1. The number of nitrogens with two attached hydrogens (primary N) is 3. The second-order valence-corrected chi connectivity index (χ2v) is 11.4. The van der Waals surface area contributed by atoms with Gasteiger partial charge in [-0.3, -0.25) is 23.5 Å². The molecule has 1 amide bonds. The zero-order valence-corrected chi connectivity index (χ0v) is 21.3. The highest BCUT2D eigenvalue weighted by Gasteiger charge is 2.58. The predicted molar refractivity (Wildman–Crippen MR) is 117 cm³/mol. The first-order chi connectivity index (χ1) is 15.2. The first-order valence-electron chi connectivity index (χ1n) is 8.74. The maximum Gasteiger partial charge on any atom is 0.466 e. The van der Waals surface area contributed by atoms with Crippen molar-refractivity contribution in [1.82, 2.24) is 5.32 Å². The summed E-state index contributed by atoms with van der Waals surface area (Å²) >= 11 is 0. The van der Waals surface area contributed by atoms with E-state index < -0.39 is 77.0 Å². The zero-order valence-electron chi connectivity index (χ0n) is 18.6. The maximum atomic E-state index is 10.8. The Labute approximate surface area is 198 Å². The predicted octanol–water partition coefficient (Wildman–Crippen LogP) is -4.25. The van der Waals surface area contributed by atoms with E-state index >= 15 is 0 Å². The van der Waals surface area contributed by atoms with Gasteiger partial charge in [0.1, 0.15) is 12.1 Å². The Bertz CT molecular complexity index is 773. The summed E-state index contributed by atoms with van der Waals surface area (Å²) in [6.07, 6.45) is -0.873. The van der Waals surface area contributed by atoms with Gasteiger partial charge in [0.2, 0.25) is 5.91 Å². The van der Waals surface area contributed by atoms with Crippen LogP contribution in [0.1, 0.15) is 27.2 Å². The normalized spacial score (nSPS) is 14.2. The molecule has 23 heteroatoms. The van der Waals surface area contributed by atoms with E-state index in [4.69, 9.17) is 71.3 Å². The van der Waals surface area contributed by atoms with Crippen LogP contribution in [-0.4, -0.2) is 97.2 Å². The number of nitrogens with one attached hydrogen (secondary N) is 1. The van der Waals surface area contributed by atoms with E-state index in [-0.39, 0.29) is 0 Å². The average Bonchev–Trinajstić information content (AvgIpc) is 2.59. The lowest BCUT2D eigenvalue weighted by Gasteiger charge is -2.28. The number of carboxylic acids is 2. The lowest BCUT2D eigenvalue weighted by molar-refractivity contribution is -0.141. The van der Waals surface area contributed by atoms with E-state index in [1.807, 2.05) is 0 Å². The summed E-state index contributed by atoms with van der Waals surface area (Å²) < 4.78 is 30.1. The van der Waals surface area contributed by atoms with Gasteiger partial charge in [0, 0.05) is 6.42 Å². The molecule has 0 aromatic heterocycles. The molecule has 0 aromatic rings. The van der Waals surface area contributed by atoms with Crippen LogP contribution in [0.15, 0.2) is 0 Å². The fourth-order valence-electron chi connectivity index (χ4n) is 1.06. The molecule has 0 unspecified atom stereocenters. The van der Waals surface area contributed by atoms with Crippen LogP contribution in [0.4, 0.5) is 0 Å². The standard InChI is InChI=1S/C6H12N2O3.C3H11NO7P2.C3H7NO2.H3O4P/c1-3(7)5(9)8-4(2)6(10)11;4-2-1-3(5,12(6,7)8)13(9,10)11;1-2(4)3(5)6;1-5(2,3)4/h3-4H,7H2,1-2H3,(H,8,9)(H,10,11);5H,1-2,4H2,(H2,6,7,8)(H2,9,10,11);2H,4H2,1H3,(H,5,6);(H3,1,2,3,4)/t3-,4-;;2-;/m1.1./s1. The highest BCUT2D eigenvalue weighted by molar-refractivity contribution is 7.72. The van der Waals surface area contributed by atoms with E-state index in [1.165, 1.54) is 20.8 Å². The third-order valence-electron chi connectivity index (χ3n) is 2.95. The van der Waals surface area contributed by atoms with Crippen LogP contribution >= 0.6 is 23.0 Å². The minimum atomic E-state index is -5.31. The second kappa shape index (κ2) is 17.2. The summed E-state index contributed by atoms with van der Waals surface area (Å²) in [5, 5.41) is 24.1. The van der Waals surface area contributed by atoms with Gasteiger partial charge in [0.05, 0.1) is 6.04 Å². The van der Waals surface area contributed by atoms with Crippen LogP contribution in [0.5, 0.6) is 0 Å². The van der Waals surface area contributed by atoms with E-state index in [2.05, 4.69) is 5.32 Å². The minimum absolute atomic E-state index is 0.452. The van der Waals surface area contributed by atoms with E-state index in [0.29, 0.717) is 0 Å². The molecular weight excluding hydrogens is 549 g/mol. The average molecular weight is 582 g/mol. The molecule has 212 valence electrons. The van der Waals surface area contributed by atoms with Crippen LogP contribution in [0.2, 0.25) is 0 Å². The van der Waals surface area contributed by atoms with Gasteiger partial charge in [-0.1, -0.05) is 0 Å². The maximum absolute atomic E-state index is 10.8. The molecule has 0 fully saturated rings. The van der Waals surface area contributed by atoms with Crippen LogP contribution in [0.3, 0.4) is 0 Å². The van der Waals surface area contributed by atoms with E-state index in [0.717, 1.165) is 0 Å². The smallest absolute Gasteiger partial charge is 0.466 e. The summed E-state index contributed by atoms with van der Waals surface area (Å²) in [5.74, 6) is -2.49. The summed E-state index contributed by atoms with van der Waals surface area (Å²) in [6.45, 7) is 3.83. The molecule has 0 aliphatic heterocycles. The van der Waals surface area contributed by atoms with Crippen LogP contribution < -0.4 is 22.5 Å². The number of phosphoric acid groups is 1. The summed E-state index contributed by atoms with van der Waals surface area (Å²) in [5.41, 5.74) is 14.9. The van der Waals surface area contributed by atoms with Crippen molar-refractivity contribution in [3.63, 3.8) is 0 Å². The monoisotopic (exact) mass is 582 g/mol. The van der Waals surface area contributed by atoms with Gasteiger partial charge in [-0.15, -0.1) is 0 Å². The number of carbonyl (C=O) groups is 3. The molecule has 0 radical (unpaired) electrons. The molecular formula is C12H33N4O16P3. The van der Waals surface area contributed by atoms with Crippen molar-refractivity contribution >= 4 is 40.9 Å². The molecule has 0 saturated heterocycles. The van der Waals surface area contributed by atoms with Crippen LogP contribution in [0.25, 0.3) is 0 Å². The molecule has 0 aromatic carbocycles. The summed E-state index contributed by atoms with van der Waals surface area (Å²) in [4.78, 5) is 86.2. The third kappa shape index (κ3) is 22.8. The zero-order chi connectivity index (χ0) is 29.6. The number of hydrogen-bond acceptors (Lipinski definition) is 10. The fraction of sp³-hybridized carbons (Fsp3) is 0.750. The molecule has 17 N–H and O–H groups in total. The molecule has 3 atom stereocenters. The number of aliphatic carboxylic acids is 2. The van der Waals surface area contributed by atoms with Crippen molar-refractivity contribution in [2.75, 3.05) is 6.54 Å². The third-order valence-corrected chi connectivity index (χ3v) is 6.82. The highest BCUT2D eigenvalue weighted by atomic mass is 31.2. The van der Waals surface area contributed by atoms with Gasteiger partial charge in [-0.25, -0.2) is 4.57 Å². The lowest BCUT2D eigenvalue weighted by Crippen LogP contribution is -2.45. The van der Waals surface area contributed by atoms with Crippen molar-refractivity contribution in [1.29, 1.82) is 0 Å². The Hall–Kier alpha value is -1.34. The minimum Gasteiger partial charge on any atom is -0.480 e.